The van der Waals surface area contributed by atoms with E-state index >= 15 is 0 Å². The van der Waals surface area contributed by atoms with Crippen molar-refractivity contribution in [3.8, 4) is 11.4 Å². The molecule has 1 aromatic carbocycles. The number of nitrogens with zero attached hydrogens (tertiary/aromatic N) is 5. The highest BCUT2D eigenvalue weighted by Gasteiger charge is 2.17. The maximum absolute atomic E-state index is 11.5. The van der Waals surface area contributed by atoms with Crippen LogP contribution in [0.1, 0.15) is 0 Å². The van der Waals surface area contributed by atoms with Crippen molar-refractivity contribution in [1.29, 1.82) is 0 Å². The van der Waals surface area contributed by atoms with Crippen LogP contribution in [-0.4, -0.2) is 39.2 Å². The molecule has 0 bridgehead atoms. The number of nitrogens with two attached hydrogens (primary N) is 1. The molecular formula is C11H8ClIN6O2S. The molecule has 2 heterocycles. The van der Waals surface area contributed by atoms with Crippen molar-refractivity contribution in [2.75, 3.05) is 12.0 Å². The molecule has 8 nitrogen and oxygen atoms in total. The number of halogens is 2. The van der Waals surface area contributed by atoms with Crippen molar-refractivity contribution in [1.82, 2.24) is 24.6 Å². The minimum Gasteiger partial charge on any atom is -0.368 e. The molecule has 0 saturated carbocycles. The third kappa shape index (κ3) is 2.73. The Morgan fingerprint density at radius 3 is 2.64 bits per heavy atom. The molecule has 0 radical (unpaired) electrons. The van der Waals surface area contributed by atoms with Gasteiger partial charge in [0.1, 0.15) is 0 Å². The van der Waals surface area contributed by atoms with Crippen molar-refractivity contribution in [3.63, 3.8) is 0 Å². The van der Waals surface area contributed by atoms with E-state index in [0.29, 0.717) is 16.4 Å². The molecular weight excluding hydrogens is 443 g/mol. The first kappa shape index (κ1) is 15.4. The molecule has 0 aliphatic rings. The van der Waals surface area contributed by atoms with Gasteiger partial charge in [-0.2, -0.15) is 19.5 Å². The Hall–Kier alpha value is -1.53. The van der Waals surface area contributed by atoms with Gasteiger partial charge in [0.05, 0.1) is 5.02 Å². The van der Waals surface area contributed by atoms with Crippen LogP contribution in [0.4, 0.5) is 5.95 Å². The molecule has 22 heavy (non-hydrogen) atoms. The monoisotopic (exact) mass is 450 g/mol. The molecule has 3 aromatic rings. The predicted molar refractivity (Wildman–Crippen MR) is 89.3 cm³/mol. The summed E-state index contributed by atoms with van der Waals surface area (Å²) >= 11 is 8.18. The Kier molecular flexibility index (Phi) is 3.69. The summed E-state index contributed by atoms with van der Waals surface area (Å²) in [4.78, 5) is 11.8. The van der Waals surface area contributed by atoms with Crippen LogP contribution in [0, 0.1) is 3.57 Å². The second-order valence-corrected chi connectivity index (χ2v) is 7.89. The van der Waals surface area contributed by atoms with Gasteiger partial charge >= 0.3 is 0 Å². The third-order valence-electron chi connectivity index (χ3n) is 2.72. The molecule has 0 aliphatic heterocycles. The van der Waals surface area contributed by atoms with Crippen LogP contribution >= 0.6 is 34.2 Å². The fourth-order valence-electron chi connectivity index (χ4n) is 1.71. The van der Waals surface area contributed by atoms with Crippen LogP contribution in [0.15, 0.2) is 23.4 Å². The van der Waals surface area contributed by atoms with Crippen LogP contribution in [0.3, 0.4) is 0 Å². The van der Waals surface area contributed by atoms with E-state index in [0.717, 1.165) is 9.83 Å². The van der Waals surface area contributed by atoms with Gasteiger partial charge in [-0.15, -0.1) is 5.10 Å². The zero-order valence-corrected chi connectivity index (χ0v) is 14.8. The molecule has 0 atom stereocenters. The van der Waals surface area contributed by atoms with Gasteiger partial charge in [-0.05, 0) is 40.8 Å². The zero-order valence-electron chi connectivity index (χ0n) is 11.0. The number of anilines is 1. The summed E-state index contributed by atoms with van der Waals surface area (Å²) in [5.41, 5.74) is 6.38. The Morgan fingerprint density at radius 1 is 1.27 bits per heavy atom. The first-order valence-corrected chi connectivity index (χ1v) is 9.16. The van der Waals surface area contributed by atoms with E-state index in [4.69, 9.17) is 17.3 Å². The van der Waals surface area contributed by atoms with Crippen molar-refractivity contribution in [3.05, 3.63) is 26.8 Å². The van der Waals surface area contributed by atoms with Gasteiger partial charge < -0.3 is 5.73 Å². The van der Waals surface area contributed by atoms with E-state index in [9.17, 15) is 8.42 Å². The smallest absolute Gasteiger partial charge is 0.258 e. The van der Waals surface area contributed by atoms with E-state index in [1.165, 1.54) is 4.52 Å². The SMILES string of the molecule is CS(=O)(=O)c1nc(N)n2nc(-c3ccc(I)c(Cl)c3)nc2n1. The quantitative estimate of drug-likeness (QED) is 0.587. The molecule has 2 N–H and O–H groups in total. The predicted octanol–water partition coefficient (Wildman–Crippen LogP) is 1.43. The summed E-state index contributed by atoms with van der Waals surface area (Å²) < 4.78 is 25.1. The van der Waals surface area contributed by atoms with Crippen LogP contribution in [0.5, 0.6) is 0 Å². The topological polar surface area (TPSA) is 116 Å². The Balaban J connectivity index is 2.21. The first-order chi connectivity index (χ1) is 10.3. The fourth-order valence-corrected chi connectivity index (χ4v) is 2.73. The van der Waals surface area contributed by atoms with Crippen molar-refractivity contribution in [2.45, 2.75) is 5.16 Å². The van der Waals surface area contributed by atoms with Crippen LogP contribution in [0.25, 0.3) is 17.2 Å². The number of benzene rings is 1. The summed E-state index contributed by atoms with van der Waals surface area (Å²) in [7, 11) is -3.59. The molecule has 0 aliphatic carbocycles. The van der Waals surface area contributed by atoms with Crippen molar-refractivity contribution in [2.24, 2.45) is 0 Å². The number of hydrogen-bond acceptors (Lipinski definition) is 7. The van der Waals surface area contributed by atoms with Gasteiger partial charge in [0.15, 0.2) is 5.82 Å². The lowest BCUT2D eigenvalue weighted by Gasteiger charge is -1.99. The summed E-state index contributed by atoms with van der Waals surface area (Å²) in [5.74, 6) is 0.267. The maximum atomic E-state index is 11.5. The standard InChI is InChI=1S/C11H8ClIN6O2S/c1-22(20,21)11-16-9(14)19-10(17-11)15-8(18-19)5-2-3-7(13)6(12)4-5/h2-4H,1H3,(H2,14,15,16,17,18). The molecule has 0 saturated heterocycles. The highest BCUT2D eigenvalue weighted by Crippen LogP contribution is 2.25. The average Bonchev–Trinajstić information content (AvgIpc) is 2.85. The normalized spacial score (nSPS) is 12.0. The number of hydrogen-bond donors (Lipinski definition) is 1. The van der Waals surface area contributed by atoms with Gasteiger partial charge in [-0.1, -0.05) is 11.6 Å². The maximum Gasteiger partial charge on any atom is 0.258 e. The fraction of sp³-hybridized carbons (Fsp3) is 0.0909. The highest BCUT2D eigenvalue weighted by molar-refractivity contribution is 14.1. The van der Waals surface area contributed by atoms with E-state index in [1.54, 1.807) is 12.1 Å². The summed E-state index contributed by atoms with van der Waals surface area (Å²) in [6.07, 6.45) is 0.995. The number of fused-ring (bicyclic) bond motifs is 1. The van der Waals surface area contributed by atoms with E-state index in [2.05, 4.69) is 42.6 Å². The molecule has 3 rings (SSSR count). The molecule has 0 unspecified atom stereocenters. The van der Waals surface area contributed by atoms with Crippen molar-refractivity contribution >= 4 is 55.8 Å². The lowest BCUT2D eigenvalue weighted by Crippen LogP contribution is -2.11. The second kappa shape index (κ2) is 5.28. The second-order valence-electron chi connectivity index (χ2n) is 4.41. The van der Waals surface area contributed by atoms with Gasteiger partial charge in [0, 0.05) is 15.4 Å². The lowest BCUT2D eigenvalue weighted by atomic mass is 10.2. The van der Waals surface area contributed by atoms with Gasteiger partial charge in [-0.25, -0.2) is 8.42 Å². The van der Waals surface area contributed by atoms with Crippen LogP contribution < -0.4 is 5.73 Å². The molecule has 2 aromatic heterocycles. The highest BCUT2D eigenvalue weighted by atomic mass is 127. The van der Waals surface area contributed by atoms with Crippen LogP contribution in [-0.2, 0) is 9.84 Å². The minimum atomic E-state index is -3.59. The lowest BCUT2D eigenvalue weighted by molar-refractivity contribution is 0.592. The van der Waals surface area contributed by atoms with Crippen molar-refractivity contribution < 1.29 is 8.42 Å². The largest absolute Gasteiger partial charge is 0.368 e. The number of sulfone groups is 1. The van der Waals surface area contributed by atoms with Crippen LogP contribution in [0.2, 0.25) is 5.02 Å². The summed E-state index contributed by atoms with van der Waals surface area (Å²) in [5, 5.41) is 4.35. The van der Waals surface area contributed by atoms with Gasteiger partial charge in [-0.3, -0.25) is 0 Å². The molecule has 0 fully saturated rings. The number of rotatable bonds is 2. The number of aromatic nitrogens is 5. The molecule has 11 heteroatoms. The summed E-state index contributed by atoms with van der Waals surface area (Å²) in [6.45, 7) is 0. The van der Waals surface area contributed by atoms with Gasteiger partial charge in [0.2, 0.25) is 15.8 Å². The average molecular weight is 451 g/mol. The van der Waals surface area contributed by atoms with E-state index in [-0.39, 0.29) is 11.7 Å². The number of nitrogen functional groups attached to an aromatic ring is 1. The molecule has 0 spiro atoms. The first-order valence-electron chi connectivity index (χ1n) is 5.81. The summed E-state index contributed by atoms with van der Waals surface area (Å²) in [6, 6.07) is 5.32. The minimum absolute atomic E-state index is 0.0533. The van der Waals surface area contributed by atoms with Gasteiger partial charge in [0.25, 0.3) is 10.9 Å². The molecule has 0 amide bonds. The Labute approximate surface area is 143 Å². The Bertz CT molecular complexity index is 1000. The molecule has 114 valence electrons. The van der Waals surface area contributed by atoms with E-state index in [1.807, 2.05) is 6.07 Å². The third-order valence-corrected chi connectivity index (χ3v) is 5.14. The Morgan fingerprint density at radius 2 is 2.00 bits per heavy atom. The zero-order chi connectivity index (χ0) is 16.1. The van der Waals surface area contributed by atoms with E-state index < -0.39 is 15.0 Å².